The van der Waals surface area contributed by atoms with Crippen molar-refractivity contribution in [3.63, 3.8) is 0 Å². The fraction of sp³-hybridized carbons (Fsp3) is 0.419. The second-order valence-corrected chi connectivity index (χ2v) is 13.1. The van der Waals surface area contributed by atoms with Crippen LogP contribution in [0.5, 0.6) is 5.75 Å². The molecule has 0 saturated heterocycles. The first kappa shape index (κ1) is 25.9. The molecule has 0 amide bonds. The van der Waals surface area contributed by atoms with Gasteiger partial charge in [-0.3, -0.25) is 9.59 Å². The van der Waals surface area contributed by atoms with Gasteiger partial charge in [-0.25, -0.2) is 4.39 Å². The van der Waals surface area contributed by atoms with Gasteiger partial charge in [0.2, 0.25) is 0 Å². The van der Waals surface area contributed by atoms with Gasteiger partial charge in [-0.1, -0.05) is 61.8 Å². The average Bonchev–Trinajstić information content (AvgIpc) is 2.79. The maximum Gasteiger partial charge on any atom is 0.162 e. The minimum atomic E-state index is -0.512. The van der Waals surface area contributed by atoms with Crippen molar-refractivity contribution in [1.82, 2.24) is 4.90 Å². The maximum atomic E-state index is 14.3. The fourth-order valence-electron chi connectivity index (χ4n) is 6.12. The van der Waals surface area contributed by atoms with Gasteiger partial charge in [0.25, 0.3) is 0 Å². The van der Waals surface area contributed by atoms with Crippen molar-refractivity contribution in [3.8, 4) is 5.75 Å². The van der Waals surface area contributed by atoms with Crippen molar-refractivity contribution < 1.29 is 18.7 Å². The summed E-state index contributed by atoms with van der Waals surface area (Å²) in [6.07, 6.45) is 2.37. The zero-order valence-electron chi connectivity index (χ0n) is 22.1. The molecule has 2 aromatic rings. The Kier molecular flexibility index (Phi) is 6.46. The first-order chi connectivity index (χ1) is 17.4. The van der Waals surface area contributed by atoms with Crippen LogP contribution in [-0.4, -0.2) is 23.5 Å². The molecule has 0 fully saturated rings. The van der Waals surface area contributed by atoms with Crippen LogP contribution >= 0.6 is 15.9 Å². The molecule has 0 N–H and O–H groups in total. The number of benzene rings is 2. The Morgan fingerprint density at radius 2 is 1.49 bits per heavy atom. The third kappa shape index (κ3) is 4.81. The Labute approximate surface area is 226 Å². The van der Waals surface area contributed by atoms with Crippen molar-refractivity contribution in [2.45, 2.75) is 65.9 Å². The Morgan fingerprint density at radius 3 is 2.05 bits per heavy atom. The summed E-state index contributed by atoms with van der Waals surface area (Å²) < 4.78 is 21.4. The average molecular weight is 567 g/mol. The van der Waals surface area contributed by atoms with E-state index in [1.165, 1.54) is 6.07 Å². The molecule has 5 rings (SSSR count). The number of ketones is 2. The Hall–Kier alpha value is -2.73. The summed E-state index contributed by atoms with van der Waals surface area (Å²) in [4.78, 5) is 29.7. The first-order valence-corrected chi connectivity index (χ1v) is 13.6. The highest BCUT2D eigenvalue weighted by molar-refractivity contribution is 9.10. The molecule has 1 heterocycles. The van der Waals surface area contributed by atoms with Crippen molar-refractivity contribution in [2.75, 3.05) is 7.05 Å². The van der Waals surface area contributed by atoms with Gasteiger partial charge in [0.05, 0.1) is 0 Å². The molecule has 194 valence electrons. The van der Waals surface area contributed by atoms with Crippen LogP contribution in [0.1, 0.15) is 70.4 Å². The molecular weight excluding hydrogens is 533 g/mol. The number of halogens is 2. The molecule has 1 aliphatic heterocycles. The largest absolute Gasteiger partial charge is 0.488 e. The van der Waals surface area contributed by atoms with E-state index in [1.807, 2.05) is 25.2 Å². The lowest BCUT2D eigenvalue weighted by Gasteiger charge is -2.48. The first-order valence-electron chi connectivity index (χ1n) is 12.8. The summed E-state index contributed by atoms with van der Waals surface area (Å²) in [7, 11) is 2.00. The van der Waals surface area contributed by atoms with Crippen LogP contribution in [0.25, 0.3) is 0 Å². The number of rotatable bonds is 4. The van der Waals surface area contributed by atoms with Gasteiger partial charge in [0.1, 0.15) is 18.2 Å². The van der Waals surface area contributed by atoms with Gasteiger partial charge in [0, 0.05) is 63.9 Å². The predicted molar refractivity (Wildman–Crippen MR) is 145 cm³/mol. The number of Topliss-reactive ketones (excluding diaryl/α,β-unsaturated/α-hetero) is 2. The number of nitrogens with zero attached hydrogens (tertiary/aromatic N) is 1. The number of hydrogen-bond acceptors (Lipinski definition) is 4. The van der Waals surface area contributed by atoms with Crippen molar-refractivity contribution >= 4 is 27.5 Å². The monoisotopic (exact) mass is 565 g/mol. The number of carbonyl (C=O) groups excluding carboxylic acids is 2. The van der Waals surface area contributed by atoms with E-state index in [0.29, 0.717) is 35.3 Å². The lowest BCUT2D eigenvalue weighted by Crippen LogP contribution is -2.43. The minimum Gasteiger partial charge on any atom is -0.488 e. The molecule has 6 heteroatoms. The van der Waals surface area contributed by atoms with Gasteiger partial charge in [-0.15, -0.1) is 0 Å². The predicted octanol–water partition coefficient (Wildman–Crippen LogP) is 7.48. The normalized spacial score (nSPS) is 21.2. The van der Waals surface area contributed by atoms with E-state index in [9.17, 15) is 14.0 Å². The Morgan fingerprint density at radius 1 is 0.919 bits per heavy atom. The van der Waals surface area contributed by atoms with Crippen LogP contribution in [0.4, 0.5) is 4.39 Å². The molecule has 0 radical (unpaired) electrons. The molecule has 2 aromatic carbocycles. The Balaban J connectivity index is 1.68. The zero-order chi connectivity index (χ0) is 26.7. The van der Waals surface area contributed by atoms with E-state index in [0.717, 1.165) is 34.3 Å². The topological polar surface area (TPSA) is 46.6 Å². The molecule has 0 spiro atoms. The van der Waals surface area contributed by atoms with Crippen LogP contribution in [0, 0.1) is 16.6 Å². The van der Waals surface area contributed by atoms with E-state index < -0.39 is 5.92 Å². The van der Waals surface area contributed by atoms with Crippen LogP contribution < -0.4 is 4.74 Å². The second-order valence-electron chi connectivity index (χ2n) is 12.2. The van der Waals surface area contributed by atoms with E-state index in [-0.39, 0.29) is 34.8 Å². The van der Waals surface area contributed by atoms with E-state index in [1.54, 1.807) is 18.2 Å². The van der Waals surface area contributed by atoms with Gasteiger partial charge in [-0.05, 0) is 47.9 Å². The third-order valence-electron chi connectivity index (χ3n) is 7.80. The van der Waals surface area contributed by atoms with E-state index in [2.05, 4.69) is 48.5 Å². The second kappa shape index (κ2) is 9.23. The van der Waals surface area contributed by atoms with Crippen LogP contribution in [0.2, 0.25) is 0 Å². The van der Waals surface area contributed by atoms with Crippen molar-refractivity contribution in [2.24, 2.45) is 10.8 Å². The maximum absolute atomic E-state index is 14.3. The summed E-state index contributed by atoms with van der Waals surface area (Å²) in [5.41, 5.74) is 4.27. The summed E-state index contributed by atoms with van der Waals surface area (Å²) in [5, 5.41) is 0. The minimum absolute atomic E-state index is 0.0493. The molecule has 3 aliphatic rings. The highest BCUT2D eigenvalue weighted by atomic mass is 79.9. The summed E-state index contributed by atoms with van der Waals surface area (Å²) in [5.74, 6) is -0.138. The van der Waals surface area contributed by atoms with E-state index >= 15 is 0 Å². The van der Waals surface area contributed by atoms with Crippen LogP contribution in [-0.2, 0) is 16.2 Å². The molecular formula is C31H33BrFNO3. The van der Waals surface area contributed by atoms with Crippen molar-refractivity contribution in [1.29, 1.82) is 0 Å². The number of ether oxygens (including phenoxy) is 1. The molecule has 2 aliphatic carbocycles. The van der Waals surface area contributed by atoms with Gasteiger partial charge in [0.15, 0.2) is 11.6 Å². The SMILES string of the molecule is CN1C2=C(C(=O)CC(C)(C)C2)C(c2cc(Br)ccc2OCc2ccccc2F)C2=C1CC(C)(C)CC2=O. The highest BCUT2D eigenvalue weighted by Crippen LogP contribution is 2.55. The standard InChI is InChI=1S/C31H33BrFNO3/c1-30(2)13-22-28(24(35)15-30)27(29-23(34(22)5)14-31(3,4)16-25(29)36)20-12-19(32)10-11-26(20)37-17-18-8-6-7-9-21(18)33/h6-12,27H,13-17H2,1-5H3. The lowest BCUT2D eigenvalue weighted by molar-refractivity contribution is -0.119. The molecule has 0 unspecified atom stereocenters. The summed E-state index contributed by atoms with van der Waals surface area (Å²) >= 11 is 3.60. The van der Waals surface area contributed by atoms with Crippen LogP contribution in [0.15, 0.2) is 69.5 Å². The molecule has 0 aromatic heterocycles. The summed E-state index contributed by atoms with van der Waals surface area (Å²) in [6.45, 7) is 8.55. The fourth-order valence-corrected chi connectivity index (χ4v) is 6.50. The lowest BCUT2D eigenvalue weighted by atomic mass is 9.63. The highest BCUT2D eigenvalue weighted by Gasteiger charge is 2.48. The van der Waals surface area contributed by atoms with Crippen LogP contribution in [0.3, 0.4) is 0 Å². The molecule has 0 atom stereocenters. The molecule has 0 bridgehead atoms. The molecule has 4 nitrogen and oxygen atoms in total. The van der Waals surface area contributed by atoms with E-state index in [4.69, 9.17) is 4.74 Å². The smallest absolute Gasteiger partial charge is 0.162 e. The molecule has 0 saturated carbocycles. The number of carbonyl (C=O) groups is 2. The van der Waals surface area contributed by atoms with Gasteiger partial charge in [-0.2, -0.15) is 0 Å². The Bertz CT molecular complexity index is 1320. The zero-order valence-corrected chi connectivity index (χ0v) is 23.7. The summed E-state index contributed by atoms with van der Waals surface area (Å²) in [6, 6.07) is 12.2. The third-order valence-corrected chi connectivity index (χ3v) is 8.30. The van der Waals surface area contributed by atoms with Gasteiger partial charge >= 0.3 is 0 Å². The number of allylic oxidation sites excluding steroid dienone is 4. The van der Waals surface area contributed by atoms with Crippen molar-refractivity contribution in [3.05, 3.63) is 86.4 Å². The van der Waals surface area contributed by atoms with Gasteiger partial charge < -0.3 is 9.64 Å². The number of hydrogen-bond donors (Lipinski definition) is 0. The molecule has 37 heavy (non-hydrogen) atoms. The quantitative estimate of drug-likeness (QED) is 0.385.